The molecule has 0 heterocycles. The summed E-state index contributed by atoms with van der Waals surface area (Å²) in [6.45, 7) is 0. The number of nitrogens with two attached hydrogens (primary N) is 1. The van der Waals surface area contributed by atoms with E-state index in [1.807, 2.05) is 5.43 Å². The molecule has 0 aliphatic carbocycles. The highest BCUT2D eigenvalue weighted by Crippen LogP contribution is 2.13. The molecular weight excluding hydrogens is 218 g/mol. The Labute approximate surface area is 85.4 Å². The molecule has 0 aliphatic rings. The van der Waals surface area contributed by atoms with Crippen molar-refractivity contribution in [2.75, 3.05) is 0 Å². The minimum Gasteiger partial charge on any atom is -0.290 e. The first-order valence-corrected chi connectivity index (χ1v) is 3.49. The summed E-state index contributed by atoms with van der Waals surface area (Å²) in [7, 11) is 0. The molecule has 0 atom stereocenters. The smallest absolute Gasteiger partial charge is 0.268 e. The van der Waals surface area contributed by atoms with Crippen molar-refractivity contribution in [3.8, 4) is 0 Å². The van der Waals surface area contributed by atoms with E-state index in [9.17, 15) is 9.18 Å². The zero-order chi connectivity index (χ0) is 9.14. The number of rotatable bonds is 1. The lowest BCUT2D eigenvalue weighted by molar-refractivity contribution is 0.0949. The number of benzene rings is 1. The van der Waals surface area contributed by atoms with Crippen molar-refractivity contribution in [1.29, 1.82) is 0 Å². The van der Waals surface area contributed by atoms with Gasteiger partial charge in [-0.15, -0.1) is 12.4 Å². The lowest BCUT2D eigenvalue weighted by Crippen LogP contribution is -2.30. The predicted octanol–water partition coefficient (Wildman–Crippen LogP) is 1.50. The Morgan fingerprint density at radius 3 is 2.62 bits per heavy atom. The third-order valence-corrected chi connectivity index (χ3v) is 1.54. The van der Waals surface area contributed by atoms with Crippen LogP contribution in [0.15, 0.2) is 18.2 Å². The van der Waals surface area contributed by atoms with Crippen LogP contribution >= 0.6 is 24.0 Å². The van der Waals surface area contributed by atoms with Crippen LogP contribution in [0, 0.1) is 5.82 Å². The molecule has 0 spiro atoms. The fourth-order valence-electron chi connectivity index (χ4n) is 0.751. The number of amides is 1. The van der Waals surface area contributed by atoms with Gasteiger partial charge in [0.25, 0.3) is 5.91 Å². The van der Waals surface area contributed by atoms with Crippen LogP contribution in [-0.4, -0.2) is 5.91 Å². The molecule has 1 amide bonds. The molecule has 13 heavy (non-hydrogen) atoms. The SMILES string of the molecule is Cl.NNC(=O)c1ccc(Cl)cc1F. The Hall–Kier alpha value is -0.840. The van der Waals surface area contributed by atoms with E-state index in [-0.39, 0.29) is 23.0 Å². The van der Waals surface area contributed by atoms with E-state index in [2.05, 4.69) is 0 Å². The van der Waals surface area contributed by atoms with Crippen LogP contribution in [0.25, 0.3) is 0 Å². The lowest BCUT2D eigenvalue weighted by atomic mass is 10.2. The number of nitrogen functional groups attached to an aromatic ring is 1. The molecule has 6 heteroatoms. The van der Waals surface area contributed by atoms with Gasteiger partial charge >= 0.3 is 0 Å². The van der Waals surface area contributed by atoms with Gasteiger partial charge in [0, 0.05) is 5.02 Å². The predicted molar refractivity (Wildman–Crippen MR) is 50.3 cm³/mol. The molecule has 0 aliphatic heterocycles. The third-order valence-electron chi connectivity index (χ3n) is 1.31. The van der Waals surface area contributed by atoms with Crippen molar-refractivity contribution in [3.05, 3.63) is 34.6 Å². The number of hydrazine groups is 1. The fraction of sp³-hybridized carbons (Fsp3) is 0. The molecule has 0 aromatic heterocycles. The summed E-state index contributed by atoms with van der Waals surface area (Å²) in [5, 5.41) is 0.237. The average molecular weight is 225 g/mol. The van der Waals surface area contributed by atoms with Crippen molar-refractivity contribution in [2.24, 2.45) is 5.84 Å². The number of carbonyl (C=O) groups is 1. The van der Waals surface area contributed by atoms with Gasteiger partial charge in [-0.2, -0.15) is 0 Å². The Balaban J connectivity index is 0.00000144. The van der Waals surface area contributed by atoms with Crippen LogP contribution in [0.2, 0.25) is 5.02 Å². The fourth-order valence-corrected chi connectivity index (χ4v) is 0.910. The summed E-state index contributed by atoms with van der Waals surface area (Å²) < 4.78 is 12.9. The zero-order valence-corrected chi connectivity index (χ0v) is 7.95. The van der Waals surface area contributed by atoms with Gasteiger partial charge in [0.1, 0.15) is 5.82 Å². The minimum atomic E-state index is -0.689. The summed E-state index contributed by atoms with van der Waals surface area (Å²) in [6, 6.07) is 3.72. The van der Waals surface area contributed by atoms with E-state index in [0.29, 0.717) is 0 Å². The Morgan fingerprint density at radius 2 is 2.15 bits per heavy atom. The van der Waals surface area contributed by atoms with Crippen molar-refractivity contribution in [3.63, 3.8) is 0 Å². The molecule has 1 rings (SSSR count). The van der Waals surface area contributed by atoms with Crippen molar-refractivity contribution in [1.82, 2.24) is 5.43 Å². The first kappa shape index (κ1) is 12.2. The second kappa shape index (κ2) is 5.01. The van der Waals surface area contributed by atoms with Crippen LogP contribution < -0.4 is 11.3 Å². The van der Waals surface area contributed by atoms with Gasteiger partial charge in [-0.05, 0) is 18.2 Å². The van der Waals surface area contributed by atoms with E-state index in [1.54, 1.807) is 0 Å². The molecule has 0 saturated carbocycles. The number of carbonyl (C=O) groups excluding carboxylic acids is 1. The highest BCUT2D eigenvalue weighted by molar-refractivity contribution is 6.30. The second-order valence-electron chi connectivity index (χ2n) is 2.10. The topological polar surface area (TPSA) is 55.1 Å². The van der Waals surface area contributed by atoms with Gasteiger partial charge < -0.3 is 0 Å². The monoisotopic (exact) mass is 224 g/mol. The van der Waals surface area contributed by atoms with Crippen molar-refractivity contribution in [2.45, 2.75) is 0 Å². The van der Waals surface area contributed by atoms with Crippen LogP contribution in [0.3, 0.4) is 0 Å². The molecule has 0 radical (unpaired) electrons. The molecular formula is C7H7Cl2FN2O. The summed E-state index contributed by atoms with van der Waals surface area (Å²) >= 11 is 5.46. The molecule has 72 valence electrons. The maximum absolute atomic E-state index is 12.9. The zero-order valence-electron chi connectivity index (χ0n) is 6.38. The van der Waals surface area contributed by atoms with E-state index >= 15 is 0 Å². The van der Waals surface area contributed by atoms with E-state index < -0.39 is 11.7 Å². The highest BCUT2D eigenvalue weighted by Gasteiger charge is 2.09. The maximum atomic E-state index is 12.9. The van der Waals surface area contributed by atoms with Gasteiger partial charge in [0.05, 0.1) is 5.56 Å². The van der Waals surface area contributed by atoms with Crippen molar-refractivity contribution < 1.29 is 9.18 Å². The molecule has 0 unspecified atom stereocenters. The summed E-state index contributed by atoms with van der Waals surface area (Å²) in [6.07, 6.45) is 0. The summed E-state index contributed by atoms with van der Waals surface area (Å²) in [5.74, 6) is 3.45. The molecule has 3 N–H and O–H groups in total. The molecule has 3 nitrogen and oxygen atoms in total. The van der Waals surface area contributed by atoms with Crippen LogP contribution in [0.1, 0.15) is 10.4 Å². The number of hydrogen-bond donors (Lipinski definition) is 2. The Morgan fingerprint density at radius 1 is 1.54 bits per heavy atom. The van der Waals surface area contributed by atoms with Crippen LogP contribution in [0.4, 0.5) is 4.39 Å². The van der Waals surface area contributed by atoms with Crippen molar-refractivity contribution >= 4 is 29.9 Å². The van der Waals surface area contributed by atoms with Crippen LogP contribution in [0.5, 0.6) is 0 Å². The van der Waals surface area contributed by atoms with E-state index in [0.717, 1.165) is 6.07 Å². The average Bonchev–Trinajstić information content (AvgIpc) is 2.03. The van der Waals surface area contributed by atoms with Gasteiger partial charge in [-0.3, -0.25) is 10.2 Å². The lowest BCUT2D eigenvalue weighted by Gasteiger charge is -2.00. The molecule has 0 bridgehead atoms. The Bertz CT molecular complexity index is 319. The van der Waals surface area contributed by atoms with Gasteiger partial charge in [-0.25, -0.2) is 10.2 Å². The van der Waals surface area contributed by atoms with Gasteiger partial charge in [0.2, 0.25) is 0 Å². The van der Waals surface area contributed by atoms with Gasteiger partial charge in [0.15, 0.2) is 0 Å². The second-order valence-corrected chi connectivity index (χ2v) is 2.53. The standard InChI is InChI=1S/C7H6ClFN2O.ClH/c8-4-1-2-5(6(9)3-4)7(12)11-10;/h1-3H,10H2,(H,11,12);1H. The number of hydrogen-bond acceptors (Lipinski definition) is 2. The summed E-state index contributed by atoms with van der Waals surface area (Å²) in [5.41, 5.74) is 1.70. The normalized spacial score (nSPS) is 8.85. The molecule has 0 fully saturated rings. The first-order chi connectivity index (χ1) is 5.65. The Kier molecular flexibility index (Phi) is 4.69. The first-order valence-electron chi connectivity index (χ1n) is 3.11. The quantitative estimate of drug-likeness (QED) is 0.432. The largest absolute Gasteiger partial charge is 0.290 e. The molecule has 0 saturated heterocycles. The third kappa shape index (κ3) is 2.84. The van der Waals surface area contributed by atoms with E-state index in [4.69, 9.17) is 17.4 Å². The maximum Gasteiger partial charge on any atom is 0.268 e. The van der Waals surface area contributed by atoms with Gasteiger partial charge in [-0.1, -0.05) is 11.6 Å². The highest BCUT2D eigenvalue weighted by atomic mass is 35.5. The minimum absolute atomic E-state index is 0. The molecule has 1 aromatic rings. The number of halogens is 3. The van der Waals surface area contributed by atoms with E-state index in [1.165, 1.54) is 12.1 Å². The van der Waals surface area contributed by atoms with Crippen LogP contribution in [-0.2, 0) is 0 Å². The summed E-state index contributed by atoms with van der Waals surface area (Å²) in [4.78, 5) is 10.8. The number of nitrogens with one attached hydrogen (secondary N) is 1. The molecule has 1 aromatic carbocycles.